The smallest absolute Gasteiger partial charge is 0.138 e. The molecule has 5 nitrogen and oxygen atoms in total. The molecule has 0 saturated heterocycles. The largest absolute Gasteiger partial charge is 0.271 e. The zero-order chi connectivity index (χ0) is 13.8. The van der Waals surface area contributed by atoms with Crippen molar-refractivity contribution in [3.05, 3.63) is 46.0 Å². The first kappa shape index (κ1) is 14.3. The zero-order valence-corrected chi connectivity index (χ0v) is 12.0. The molecule has 0 amide bonds. The van der Waals surface area contributed by atoms with E-state index in [9.17, 15) is 0 Å². The predicted octanol–water partition coefficient (Wildman–Crippen LogP) is 2.35. The van der Waals surface area contributed by atoms with E-state index in [4.69, 9.17) is 29.0 Å². The number of nitrogens with two attached hydrogens (primary N) is 1. The Hall–Kier alpha value is -1.14. The lowest BCUT2D eigenvalue weighted by Crippen LogP contribution is -2.30. The summed E-state index contributed by atoms with van der Waals surface area (Å²) in [5.74, 6) is 6.48. The second-order valence-corrected chi connectivity index (χ2v) is 4.92. The van der Waals surface area contributed by atoms with Crippen molar-refractivity contribution in [2.45, 2.75) is 25.9 Å². The number of hydrogen-bond donors (Lipinski definition) is 2. The molecule has 0 spiro atoms. The lowest BCUT2D eigenvalue weighted by Gasteiger charge is -2.17. The van der Waals surface area contributed by atoms with Gasteiger partial charge < -0.3 is 0 Å². The van der Waals surface area contributed by atoms with E-state index >= 15 is 0 Å². The molecule has 0 fully saturated rings. The van der Waals surface area contributed by atoms with Gasteiger partial charge in [0, 0.05) is 23.0 Å². The molecular weight excluding hydrogens is 285 g/mol. The van der Waals surface area contributed by atoms with Crippen molar-refractivity contribution in [3.8, 4) is 0 Å². The molecule has 19 heavy (non-hydrogen) atoms. The van der Waals surface area contributed by atoms with E-state index in [-0.39, 0.29) is 6.04 Å². The van der Waals surface area contributed by atoms with Crippen molar-refractivity contribution in [2.75, 3.05) is 0 Å². The molecule has 0 bridgehead atoms. The SMILES string of the molecule is CCn1ncnc1CC(NN)c1ccc(Cl)cc1Cl. The minimum atomic E-state index is -0.140. The second kappa shape index (κ2) is 6.34. The molecule has 2 rings (SSSR count). The van der Waals surface area contributed by atoms with E-state index in [1.54, 1.807) is 12.1 Å². The van der Waals surface area contributed by atoms with Crippen LogP contribution in [0.4, 0.5) is 0 Å². The molecule has 1 aromatic carbocycles. The number of halogens is 2. The fourth-order valence-corrected chi connectivity index (χ4v) is 2.48. The maximum atomic E-state index is 6.19. The van der Waals surface area contributed by atoms with E-state index in [0.29, 0.717) is 16.5 Å². The predicted molar refractivity (Wildman–Crippen MR) is 75.9 cm³/mol. The van der Waals surface area contributed by atoms with Crippen LogP contribution in [0.3, 0.4) is 0 Å². The van der Waals surface area contributed by atoms with E-state index in [0.717, 1.165) is 17.9 Å². The lowest BCUT2D eigenvalue weighted by atomic mass is 10.0. The number of rotatable bonds is 5. The zero-order valence-electron chi connectivity index (χ0n) is 10.5. The van der Waals surface area contributed by atoms with Gasteiger partial charge in [0.25, 0.3) is 0 Å². The minimum Gasteiger partial charge on any atom is -0.271 e. The second-order valence-electron chi connectivity index (χ2n) is 4.08. The van der Waals surface area contributed by atoms with Gasteiger partial charge in [0.15, 0.2) is 0 Å². The van der Waals surface area contributed by atoms with Crippen LogP contribution < -0.4 is 11.3 Å². The molecule has 102 valence electrons. The summed E-state index contributed by atoms with van der Waals surface area (Å²) in [6, 6.07) is 5.21. The summed E-state index contributed by atoms with van der Waals surface area (Å²) in [7, 11) is 0. The van der Waals surface area contributed by atoms with Gasteiger partial charge in [-0.25, -0.2) is 4.98 Å². The first-order valence-corrected chi connectivity index (χ1v) is 6.69. The molecule has 0 saturated carbocycles. The minimum absolute atomic E-state index is 0.140. The number of hydrazine groups is 1. The Bertz CT molecular complexity index is 555. The van der Waals surface area contributed by atoms with E-state index in [1.165, 1.54) is 6.33 Å². The Morgan fingerprint density at radius 1 is 1.42 bits per heavy atom. The first-order valence-electron chi connectivity index (χ1n) is 5.93. The molecule has 3 N–H and O–H groups in total. The average Bonchev–Trinajstić information content (AvgIpc) is 2.84. The van der Waals surface area contributed by atoms with Gasteiger partial charge in [-0.3, -0.25) is 16.0 Å². The van der Waals surface area contributed by atoms with Crippen LogP contribution in [0.5, 0.6) is 0 Å². The number of benzene rings is 1. The van der Waals surface area contributed by atoms with Gasteiger partial charge in [-0.15, -0.1) is 0 Å². The summed E-state index contributed by atoms with van der Waals surface area (Å²) in [5.41, 5.74) is 3.65. The molecule has 1 atom stereocenters. The molecular formula is C12H15Cl2N5. The maximum absolute atomic E-state index is 6.19. The first-order chi connectivity index (χ1) is 9.15. The molecule has 2 aromatic rings. The molecule has 0 radical (unpaired) electrons. The number of hydrogen-bond acceptors (Lipinski definition) is 4. The highest BCUT2D eigenvalue weighted by atomic mass is 35.5. The van der Waals surface area contributed by atoms with Crippen LogP contribution in [0, 0.1) is 0 Å². The van der Waals surface area contributed by atoms with Crippen molar-refractivity contribution in [1.82, 2.24) is 20.2 Å². The van der Waals surface area contributed by atoms with E-state index < -0.39 is 0 Å². The third-order valence-corrected chi connectivity index (χ3v) is 3.48. The number of aryl methyl sites for hydroxylation is 1. The van der Waals surface area contributed by atoms with Crippen LogP contribution >= 0.6 is 23.2 Å². The summed E-state index contributed by atoms with van der Waals surface area (Å²) >= 11 is 12.1. The molecule has 0 aliphatic heterocycles. The van der Waals surface area contributed by atoms with Gasteiger partial charge in [-0.05, 0) is 24.6 Å². The van der Waals surface area contributed by atoms with Crippen LogP contribution in [0.15, 0.2) is 24.5 Å². The normalized spacial score (nSPS) is 12.6. The van der Waals surface area contributed by atoms with Crippen molar-refractivity contribution < 1.29 is 0 Å². The third kappa shape index (κ3) is 3.25. The monoisotopic (exact) mass is 299 g/mol. The Kier molecular flexibility index (Phi) is 4.76. The van der Waals surface area contributed by atoms with Crippen molar-refractivity contribution in [3.63, 3.8) is 0 Å². The van der Waals surface area contributed by atoms with Crippen LogP contribution in [0.1, 0.15) is 24.4 Å². The summed E-state index contributed by atoms with van der Waals surface area (Å²) in [5, 5.41) is 5.31. The van der Waals surface area contributed by atoms with Crippen LogP contribution in [-0.2, 0) is 13.0 Å². The van der Waals surface area contributed by atoms with Crippen LogP contribution in [0.25, 0.3) is 0 Å². The highest BCUT2D eigenvalue weighted by molar-refractivity contribution is 6.35. The van der Waals surface area contributed by atoms with E-state index in [2.05, 4.69) is 15.5 Å². The fourth-order valence-electron chi connectivity index (χ4n) is 1.94. The van der Waals surface area contributed by atoms with Gasteiger partial charge in [0.1, 0.15) is 12.2 Å². The number of aromatic nitrogens is 3. The fraction of sp³-hybridized carbons (Fsp3) is 0.333. The summed E-state index contributed by atoms with van der Waals surface area (Å²) in [4.78, 5) is 4.23. The van der Waals surface area contributed by atoms with Crippen molar-refractivity contribution >= 4 is 23.2 Å². The molecule has 1 heterocycles. The van der Waals surface area contributed by atoms with Crippen LogP contribution in [0.2, 0.25) is 10.0 Å². The van der Waals surface area contributed by atoms with Gasteiger partial charge in [-0.2, -0.15) is 5.10 Å². The average molecular weight is 300 g/mol. The lowest BCUT2D eigenvalue weighted by molar-refractivity contribution is 0.510. The Labute approximate surface area is 121 Å². The molecule has 1 unspecified atom stereocenters. The Morgan fingerprint density at radius 2 is 2.21 bits per heavy atom. The standard InChI is InChI=1S/C12H15Cl2N5/c1-2-19-12(16-7-17-19)6-11(18-15)9-4-3-8(13)5-10(9)14/h3-5,7,11,18H,2,6,15H2,1H3. The third-order valence-electron chi connectivity index (χ3n) is 2.92. The summed E-state index contributed by atoms with van der Waals surface area (Å²) in [6.45, 7) is 2.78. The molecule has 0 aliphatic carbocycles. The maximum Gasteiger partial charge on any atom is 0.138 e. The Morgan fingerprint density at radius 3 is 2.84 bits per heavy atom. The van der Waals surface area contributed by atoms with Gasteiger partial charge in [-0.1, -0.05) is 29.3 Å². The molecule has 1 aromatic heterocycles. The van der Waals surface area contributed by atoms with E-state index in [1.807, 2.05) is 17.7 Å². The van der Waals surface area contributed by atoms with Crippen LogP contribution in [-0.4, -0.2) is 14.8 Å². The highest BCUT2D eigenvalue weighted by Gasteiger charge is 2.17. The van der Waals surface area contributed by atoms with Gasteiger partial charge in [0.2, 0.25) is 0 Å². The Balaban J connectivity index is 2.25. The highest BCUT2D eigenvalue weighted by Crippen LogP contribution is 2.27. The van der Waals surface area contributed by atoms with Crippen molar-refractivity contribution in [2.24, 2.45) is 5.84 Å². The number of nitrogens with zero attached hydrogens (tertiary/aromatic N) is 3. The molecule has 0 aliphatic rings. The summed E-state index contributed by atoms with van der Waals surface area (Å²) < 4.78 is 1.83. The quantitative estimate of drug-likeness (QED) is 0.657. The van der Waals surface area contributed by atoms with Gasteiger partial charge >= 0.3 is 0 Å². The van der Waals surface area contributed by atoms with Gasteiger partial charge in [0.05, 0.1) is 6.04 Å². The summed E-state index contributed by atoms with van der Waals surface area (Å²) in [6.07, 6.45) is 2.14. The topological polar surface area (TPSA) is 68.8 Å². The number of nitrogens with one attached hydrogen (secondary N) is 1. The molecule has 7 heteroatoms. The van der Waals surface area contributed by atoms with Crippen molar-refractivity contribution in [1.29, 1.82) is 0 Å².